The van der Waals surface area contributed by atoms with Gasteiger partial charge in [0.2, 0.25) is 7.01 Å². The predicted molar refractivity (Wildman–Crippen MR) is 42.7 cm³/mol. The van der Waals surface area contributed by atoms with Crippen molar-refractivity contribution < 1.29 is 8.42 Å². The van der Waals surface area contributed by atoms with E-state index < -0.39 is 7.01 Å². The molecule has 0 fully saturated rings. The quantitative estimate of drug-likeness (QED) is 0.548. The SMILES string of the molecule is CCC(C)S(=O)(=O)I. The van der Waals surface area contributed by atoms with Gasteiger partial charge in [-0.3, -0.25) is 0 Å². The monoisotopic (exact) mass is 248 g/mol. The molecule has 0 aliphatic carbocycles. The van der Waals surface area contributed by atoms with Gasteiger partial charge in [0, 0.05) is 0 Å². The summed E-state index contributed by atoms with van der Waals surface area (Å²) in [7, 11) is -2.78. The Kier molecular flexibility index (Phi) is 3.26. The van der Waals surface area contributed by atoms with Crippen molar-refractivity contribution in [3.63, 3.8) is 0 Å². The van der Waals surface area contributed by atoms with Crippen molar-refractivity contribution >= 4 is 28.2 Å². The van der Waals surface area contributed by atoms with Gasteiger partial charge in [0.05, 0.1) is 26.5 Å². The molecule has 2 nitrogen and oxygen atoms in total. The van der Waals surface area contributed by atoms with Crippen LogP contribution in [0.3, 0.4) is 0 Å². The minimum absolute atomic E-state index is 0.192. The second kappa shape index (κ2) is 3.00. The summed E-state index contributed by atoms with van der Waals surface area (Å²) < 4.78 is 21.1. The van der Waals surface area contributed by atoms with Crippen molar-refractivity contribution in [1.82, 2.24) is 0 Å². The van der Waals surface area contributed by atoms with Crippen LogP contribution < -0.4 is 0 Å². The van der Waals surface area contributed by atoms with E-state index in [4.69, 9.17) is 0 Å². The van der Waals surface area contributed by atoms with Gasteiger partial charge >= 0.3 is 0 Å². The summed E-state index contributed by atoms with van der Waals surface area (Å²) in [6.45, 7) is 3.57. The van der Waals surface area contributed by atoms with Crippen LogP contribution in [0.1, 0.15) is 20.3 Å². The summed E-state index contributed by atoms with van der Waals surface area (Å²) in [5.74, 6) is 0. The van der Waals surface area contributed by atoms with Crippen LogP contribution in [0.15, 0.2) is 0 Å². The van der Waals surface area contributed by atoms with Crippen LogP contribution >= 0.6 is 21.2 Å². The summed E-state index contributed by atoms with van der Waals surface area (Å²) in [6, 6.07) is 0. The zero-order valence-electron chi connectivity index (χ0n) is 4.89. The zero-order valence-corrected chi connectivity index (χ0v) is 7.86. The predicted octanol–water partition coefficient (Wildman–Crippen LogP) is 1.55. The van der Waals surface area contributed by atoms with E-state index in [2.05, 4.69) is 0 Å². The van der Waals surface area contributed by atoms with Gasteiger partial charge in [0.1, 0.15) is 0 Å². The first kappa shape index (κ1) is 8.68. The van der Waals surface area contributed by atoms with E-state index in [9.17, 15) is 8.42 Å². The smallest absolute Gasteiger partial charge is 0.205 e. The lowest BCUT2D eigenvalue weighted by molar-refractivity contribution is 0.599. The van der Waals surface area contributed by atoms with E-state index in [-0.39, 0.29) is 5.25 Å². The Bertz CT molecular complexity index is 149. The molecule has 1 atom stereocenters. The number of hydrogen-bond donors (Lipinski definition) is 0. The fourth-order valence-electron chi connectivity index (χ4n) is 0.199. The zero-order chi connectivity index (χ0) is 6.78. The van der Waals surface area contributed by atoms with Gasteiger partial charge in [-0.2, -0.15) is 0 Å². The highest BCUT2D eigenvalue weighted by Gasteiger charge is 2.12. The van der Waals surface area contributed by atoms with E-state index in [1.54, 1.807) is 6.92 Å². The maximum absolute atomic E-state index is 10.5. The molecule has 4 heteroatoms. The number of halogens is 1. The van der Waals surface area contributed by atoms with Crippen molar-refractivity contribution in [2.75, 3.05) is 0 Å². The molecular formula is C4H9IO2S. The third-order valence-electron chi connectivity index (χ3n) is 1.06. The average molecular weight is 248 g/mol. The van der Waals surface area contributed by atoms with E-state index in [0.717, 1.165) is 0 Å². The highest BCUT2D eigenvalue weighted by Crippen LogP contribution is 2.12. The van der Waals surface area contributed by atoms with Crippen LogP contribution in [0.5, 0.6) is 0 Å². The molecule has 0 aromatic rings. The molecule has 0 saturated carbocycles. The van der Waals surface area contributed by atoms with Crippen LogP contribution in [-0.4, -0.2) is 13.7 Å². The second-order valence-corrected chi connectivity index (χ2v) is 7.13. The van der Waals surface area contributed by atoms with Crippen LogP contribution in [0, 0.1) is 0 Å². The molecule has 50 valence electrons. The molecule has 0 aromatic carbocycles. The Labute approximate surface area is 62.2 Å². The standard InChI is InChI=1S/C4H9IO2S/c1-3-4(2)8(5,6)7/h4H,3H2,1-2H3. The topological polar surface area (TPSA) is 34.1 Å². The van der Waals surface area contributed by atoms with Gasteiger partial charge in [-0.15, -0.1) is 0 Å². The van der Waals surface area contributed by atoms with Crippen molar-refractivity contribution in [2.45, 2.75) is 25.5 Å². The molecule has 0 spiro atoms. The van der Waals surface area contributed by atoms with E-state index in [1.165, 1.54) is 21.2 Å². The minimum Gasteiger partial charge on any atom is -0.218 e. The third-order valence-corrected chi connectivity index (χ3v) is 4.95. The summed E-state index contributed by atoms with van der Waals surface area (Å²) in [6.07, 6.45) is 0.700. The van der Waals surface area contributed by atoms with Gasteiger partial charge in [-0.1, -0.05) is 6.92 Å². The first-order valence-electron chi connectivity index (χ1n) is 2.42. The summed E-state index contributed by atoms with van der Waals surface area (Å²) in [5.41, 5.74) is 0. The van der Waals surface area contributed by atoms with Crippen molar-refractivity contribution in [2.24, 2.45) is 0 Å². The number of rotatable bonds is 2. The fraction of sp³-hybridized carbons (Fsp3) is 1.00. The van der Waals surface area contributed by atoms with Crippen molar-refractivity contribution in [1.29, 1.82) is 0 Å². The summed E-state index contributed by atoms with van der Waals surface area (Å²) in [4.78, 5) is 0. The highest BCUT2D eigenvalue weighted by molar-refractivity contribution is 14.2. The molecule has 0 amide bonds. The first-order chi connectivity index (χ1) is 3.48. The summed E-state index contributed by atoms with van der Waals surface area (Å²) >= 11 is 1.47. The number of hydrogen-bond acceptors (Lipinski definition) is 2. The van der Waals surface area contributed by atoms with Gasteiger partial charge in [-0.25, -0.2) is 8.42 Å². The molecule has 0 aliphatic rings. The maximum atomic E-state index is 10.5. The molecule has 0 rings (SSSR count). The Balaban J connectivity index is 4.04. The molecule has 0 aliphatic heterocycles. The molecule has 8 heavy (non-hydrogen) atoms. The van der Waals surface area contributed by atoms with Crippen molar-refractivity contribution in [3.05, 3.63) is 0 Å². The van der Waals surface area contributed by atoms with Crippen LogP contribution in [0.25, 0.3) is 0 Å². The Hall–Kier alpha value is 0.680. The van der Waals surface area contributed by atoms with Crippen LogP contribution in [0.2, 0.25) is 0 Å². The lowest BCUT2D eigenvalue weighted by atomic mass is 10.4. The molecule has 0 bridgehead atoms. The molecule has 1 unspecified atom stereocenters. The third kappa shape index (κ3) is 2.86. The fourth-order valence-corrected chi connectivity index (χ4v) is 1.68. The normalized spacial score (nSPS) is 15.9. The van der Waals surface area contributed by atoms with E-state index in [1.807, 2.05) is 6.92 Å². The Morgan fingerprint density at radius 1 is 1.62 bits per heavy atom. The lowest BCUT2D eigenvalue weighted by Crippen LogP contribution is -2.08. The lowest BCUT2D eigenvalue weighted by Gasteiger charge is -2.00. The molecule has 0 aromatic heterocycles. The first-order valence-corrected chi connectivity index (χ1v) is 6.51. The largest absolute Gasteiger partial charge is 0.218 e. The Morgan fingerprint density at radius 3 is 2.00 bits per heavy atom. The van der Waals surface area contributed by atoms with Crippen LogP contribution in [0.4, 0.5) is 0 Å². The molecule has 0 radical (unpaired) electrons. The maximum Gasteiger partial charge on any atom is 0.205 e. The molecule has 0 heterocycles. The molecule has 0 N–H and O–H groups in total. The van der Waals surface area contributed by atoms with Gasteiger partial charge < -0.3 is 0 Å². The average Bonchev–Trinajstić information content (AvgIpc) is 1.62. The van der Waals surface area contributed by atoms with Gasteiger partial charge in [0.15, 0.2) is 0 Å². The van der Waals surface area contributed by atoms with Gasteiger partial charge in [0.25, 0.3) is 0 Å². The molecule has 0 saturated heterocycles. The van der Waals surface area contributed by atoms with Crippen molar-refractivity contribution in [3.8, 4) is 0 Å². The summed E-state index contributed by atoms with van der Waals surface area (Å²) in [5, 5.41) is -0.192. The van der Waals surface area contributed by atoms with E-state index in [0.29, 0.717) is 6.42 Å². The highest BCUT2D eigenvalue weighted by atomic mass is 127. The van der Waals surface area contributed by atoms with E-state index >= 15 is 0 Å². The minimum atomic E-state index is -2.78. The Morgan fingerprint density at radius 2 is 2.00 bits per heavy atom. The van der Waals surface area contributed by atoms with Crippen LogP contribution in [-0.2, 0) is 7.01 Å². The second-order valence-electron chi connectivity index (χ2n) is 1.69. The molecular weight excluding hydrogens is 239 g/mol. The van der Waals surface area contributed by atoms with Gasteiger partial charge in [-0.05, 0) is 13.3 Å².